The molecule has 1 saturated carbocycles. The summed E-state index contributed by atoms with van der Waals surface area (Å²) in [6.45, 7) is 3.58. The van der Waals surface area contributed by atoms with E-state index in [1.807, 2.05) is 0 Å². The van der Waals surface area contributed by atoms with E-state index in [2.05, 4.69) is 15.6 Å². The summed E-state index contributed by atoms with van der Waals surface area (Å²) in [4.78, 5) is 5.98. The van der Waals surface area contributed by atoms with Crippen LogP contribution in [0, 0.1) is 17.6 Å². The number of halogens is 2. The molecule has 1 aliphatic heterocycles. The second-order valence-electron chi connectivity index (χ2n) is 7.02. The molecule has 2 aliphatic rings. The third-order valence-electron chi connectivity index (χ3n) is 4.81. The largest absolute Gasteiger partial charge is 0.381 e. The van der Waals surface area contributed by atoms with Gasteiger partial charge in [-0.05, 0) is 43.7 Å². The third-order valence-corrected chi connectivity index (χ3v) is 4.81. The van der Waals surface area contributed by atoms with Gasteiger partial charge in [-0.3, -0.25) is 4.99 Å². The highest BCUT2D eigenvalue weighted by Crippen LogP contribution is 2.28. The molecule has 1 aromatic rings. The summed E-state index contributed by atoms with van der Waals surface area (Å²) in [6.07, 6.45) is 4.34. The molecule has 0 aromatic heterocycles. The first-order valence-electron chi connectivity index (χ1n) is 9.41. The first kappa shape index (κ1) is 18.9. The van der Waals surface area contributed by atoms with Gasteiger partial charge in [0.05, 0.1) is 0 Å². The molecule has 2 N–H and O–H groups in total. The van der Waals surface area contributed by atoms with Gasteiger partial charge in [0.1, 0.15) is 17.3 Å². The van der Waals surface area contributed by atoms with Gasteiger partial charge in [0.15, 0.2) is 5.96 Å². The summed E-state index contributed by atoms with van der Waals surface area (Å²) in [7, 11) is 1.72. The lowest BCUT2D eigenvalue weighted by atomic mass is 10.2. The lowest BCUT2D eigenvalue weighted by Gasteiger charge is -2.21. The summed E-state index contributed by atoms with van der Waals surface area (Å²) >= 11 is 0. The first-order chi connectivity index (χ1) is 12.7. The van der Waals surface area contributed by atoms with E-state index in [0.29, 0.717) is 19.0 Å². The molecule has 1 saturated heterocycles. The van der Waals surface area contributed by atoms with Crippen molar-refractivity contribution in [2.24, 2.45) is 10.9 Å². The van der Waals surface area contributed by atoms with Crippen molar-refractivity contribution >= 4 is 11.6 Å². The second-order valence-corrected chi connectivity index (χ2v) is 7.02. The Balaban J connectivity index is 1.39. The fourth-order valence-electron chi connectivity index (χ4n) is 3.18. The van der Waals surface area contributed by atoms with Crippen LogP contribution in [0.3, 0.4) is 0 Å². The van der Waals surface area contributed by atoms with Crippen molar-refractivity contribution in [3.63, 3.8) is 0 Å². The van der Waals surface area contributed by atoms with Gasteiger partial charge < -0.3 is 20.3 Å². The zero-order valence-corrected chi connectivity index (χ0v) is 15.3. The van der Waals surface area contributed by atoms with Gasteiger partial charge in [-0.2, -0.15) is 0 Å². The summed E-state index contributed by atoms with van der Waals surface area (Å²) in [5, 5.41) is 6.60. The van der Waals surface area contributed by atoms with Crippen LogP contribution in [0.15, 0.2) is 23.2 Å². The lowest BCUT2D eigenvalue weighted by molar-refractivity contribution is 0.123. The highest BCUT2D eigenvalue weighted by atomic mass is 19.1. The molecule has 2 fully saturated rings. The summed E-state index contributed by atoms with van der Waals surface area (Å²) in [5.41, 5.74) is 0.0626. The molecule has 1 heterocycles. The molecule has 0 spiro atoms. The van der Waals surface area contributed by atoms with Crippen molar-refractivity contribution in [3.8, 4) is 0 Å². The van der Waals surface area contributed by atoms with E-state index < -0.39 is 11.6 Å². The second kappa shape index (κ2) is 9.16. The number of hydrogen-bond acceptors (Lipinski definition) is 3. The Morgan fingerprint density at radius 2 is 2.04 bits per heavy atom. The van der Waals surface area contributed by atoms with Crippen molar-refractivity contribution in [2.45, 2.75) is 31.7 Å². The average molecular weight is 366 g/mol. The Bertz CT molecular complexity index is 601. The van der Waals surface area contributed by atoms with E-state index in [1.165, 1.54) is 31.0 Å². The van der Waals surface area contributed by atoms with E-state index in [1.54, 1.807) is 11.9 Å². The van der Waals surface area contributed by atoms with Crippen LogP contribution in [0.1, 0.15) is 25.7 Å². The van der Waals surface area contributed by atoms with Crippen molar-refractivity contribution in [1.29, 1.82) is 0 Å². The lowest BCUT2D eigenvalue weighted by Crippen LogP contribution is -2.45. The minimum Gasteiger partial charge on any atom is -0.381 e. The van der Waals surface area contributed by atoms with Crippen molar-refractivity contribution in [2.75, 3.05) is 44.8 Å². The molecular weight excluding hydrogens is 338 g/mol. The van der Waals surface area contributed by atoms with Crippen LogP contribution in [-0.4, -0.2) is 51.9 Å². The zero-order chi connectivity index (χ0) is 18.4. The molecule has 1 aromatic carbocycles. The molecule has 5 nitrogen and oxygen atoms in total. The molecule has 7 heteroatoms. The molecule has 1 aliphatic carbocycles. The van der Waals surface area contributed by atoms with Crippen molar-refractivity contribution in [1.82, 2.24) is 10.6 Å². The normalized spacial score (nSPS) is 20.5. The van der Waals surface area contributed by atoms with Gasteiger partial charge >= 0.3 is 0 Å². The Kier molecular flexibility index (Phi) is 6.66. The molecule has 1 unspecified atom stereocenters. The number of nitrogens with zero attached hydrogens (tertiary/aromatic N) is 2. The Morgan fingerprint density at radius 3 is 2.73 bits per heavy atom. The number of aliphatic imine (C=N–C) groups is 1. The summed E-state index contributed by atoms with van der Waals surface area (Å²) in [6, 6.07) is 4.09. The van der Waals surface area contributed by atoms with E-state index in [4.69, 9.17) is 4.74 Å². The Labute approximate surface area is 153 Å². The topological polar surface area (TPSA) is 48.9 Å². The number of para-hydroxylation sites is 1. The van der Waals surface area contributed by atoms with E-state index in [-0.39, 0.29) is 11.7 Å². The standard InChI is InChI=1S/C19H28F2N4O/c1-22-19(23-9-3-11-26-13-14-6-7-14)24-15-8-10-25(12-15)18-16(20)4-2-5-17(18)21/h2,4-5,14-15H,3,6-13H2,1H3,(H2,22,23,24). The summed E-state index contributed by atoms with van der Waals surface area (Å²) < 4.78 is 33.5. The average Bonchev–Trinajstić information content (AvgIpc) is 3.34. The summed E-state index contributed by atoms with van der Waals surface area (Å²) in [5.74, 6) is 0.480. The molecule has 144 valence electrons. The predicted molar refractivity (Wildman–Crippen MR) is 99.6 cm³/mol. The maximum absolute atomic E-state index is 13.9. The molecule has 0 bridgehead atoms. The van der Waals surface area contributed by atoms with Crippen LogP contribution in [0.2, 0.25) is 0 Å². The van der Waals surface area contributed by atoms with Crippen LogP contribution in [0.25, 0.3) is 0 Å². The van der Waals surface area contributed by atoms with Gasteiger partial charge in [0.25, 0.3) is 0 Å². The first-order valence-corrected chi connectivity index (χ1v) is 9.41. The van der Waals surface area contributed by atoms with Gasteiger partial charge in [0, 0.05) is 45.9 Å². The fourth-order valence-corrected chi connectivity index (χ4v) is 3.18. The molecule has 0 amide bonds. The Hall–Kier alpha value is -1.89. The van der Waals surface area contributed by atoms with E-state index >= 15 is 0 Å². The van der Waals surface area contributed by atoms with Crippen molar-refractivity contribution in [3.05, 3.63) is 29.8 Å². The predicted octanol–water partition coefficient (Wildman–Crippen LogP) is 2.53. The van der Waals surface area contributed by atoms with Crippen LogP contribution in [0.5, 0.6) is 0 Å². The van der Waals surface area contributed by atoms with Gasteiger partial charge in [-0.15, -0.1) is 0 Å². The maximum Gasteiger partial charge on any atom is 0.191 e. The quantitative estimate of drug-likeness (QED) is 0.422. The van der Waals surface area contributed by atoms with Gasteiger partial charge in [-0.1, -0.05) is 6.07 Å². The third kappa shape index (κ3) is 5.30. The van der Waals surface area contributed by atoms with E-state index in [9.17, 15) is 8.78 Å². The van der Waals surface area contributed by atoms with Crippen LogP contribution in [-0.2, 0) is 4.74 Å². The highest BCUT2D eigenvalue weighted by molar-refractivity contribution is 5.80. The molecule has 26 heavy (non-hydrogen) atoms. The number of guanidine groups is 1. The monoisotopic (exact) mass is 366 g/mol. The molecular formula is C19H28F2N4O. The minimum absolute atomic E-state index is 0.0626. The van der Waals surface area contributed by atoms with Crippen LogP contribution in [0.4, 0.5) is 14.5 Å². The smallest absolute Gasteiger partial charge is 0.191 e. The highest BCUT2D eigenvalue weighted by Gasteiger charge is 2.27. The van der Waals surface area contributed by atoms with Crippen molar-refractivity contribution < 1.29 is 13.5 Å². The van der Waals surface area contributed by atoms with Gasteiger partial charge in [-0.25, -0.2) is 8.78 Å². The number of hydrogen-bond donors (Lipinski definition) is 2. The number of benzene rings is 1. The molecule has 3 rings (SSSR count). The number of rotatable bonds is 8. The number of anilines is 1. The molecule has 1 atom stereocenters. The number of ether oxygens (including phenoxy) is 1. The maximum atomic E-state index is 13.9. The SMILES string of the molecule is CN=C(NCCCOCC1CC1)NC1CCN(c2c(F)cccc2F)C1. The van der Waals surface area contributed by atoms with E-state index in [0.717, 1.165) is 38.5 Å². The molecule has 0 radical (unpaired) electrons. The van der Waals surface area contributed by atoms with Gasteiger partial charge in [0.2, 0.25) is 0 Å². The Morgan fingerprint density at radius 1 is 1.27 bits per heavy atom. The minimum atomic E-state index is -0.514. The fraction of sp³-hybridized carbons (Fsp3) is 0.632. The van der Waals surface area contributed by atoms with Crippen LogP contribution >= 0.6 is 0 Å². The van der Waals surface area contributed by atoms with Crippen LogP contribution < -0.4 is 15.5 Å². The number of nitrogens with one attached hydrogen (secondary N) is 2. The zero-order valence-electron chi connectivity index (χ0n) is 15.3.